The Morgan fingerprint density at radius 3 is 0.667 bits per heavy atom. The van der Waals surface area contributed by atoms with E-state index in [9.17, 15) is 0 Å². The van der Waals surface area contributed by atoms with Gasteiger partial charge < -0.3 is 0 Å². The summed E-state index contributed by atoms with van der Waals surface area (Å²) in [6, 6.07) is 0. The highest BCUT2D eigenvalue weighted by Crippen LogP contribution is 2.60. The second-order valence-electron chi connectivity index (χ2n) is 6.75. The van der Waals surface area contributed by atoms with Crippen LogP contribution in [0.25, 0.3) is 0 Å². The van der Waals surface area contributed by atoms with Crippen LogP contribution in [0.5, 0.6) is 0 Å². The maximum absolute atomic E-state index is 2.54. The third kappa shape index (κ3) is 5.09. The second-order valence-corrected chi connectivity index (χ2v) is 14.3. The Morgan fingerprint density at radius 1 is 0.389 bits per heavy atom. The van der Waals surface area contributed by atoms with Gasteiger partial charge in [0, 0.05) is 0 Å². The summed E-state index contributed by atoms with van der Waals surface area (Å²) in [6.07, 6.45) is 0. The number of hydrogen-bond donors (Lipinski definition) is 0. The first-order valence-corrected chi connectivity index (χ1v) is 10.8. The molecule has 0 rings (SSSR count). The van der Waals surface area contributed by atoms with E-state index >= 15 is 0 Å². The summed E-state index contributed by atoms with van der Waals surface area (Å²) in [4.78, 5) is 0. The molecule has 0 spiro atoms. The summed E-state index contributed by atoms with van der Waals surface area (Å²) in [5.41, 5.74) is 5.30. The highest BCUT2D eigenvalue weighted by Gasteiger charge is 2.33. The van der Waals surface area contributed by atoms with Gasteiger partial charge in [-0.3, -0.25) is 0 Å². The molecule has 0 saturated heterocycles. The highest BCUT2D eigenvalue weighted by molar-refractivity contribution is 7.64. The van der Waals surface area contributed by atoms with Gasteiger partial charge in [0.15, 0.2) is 0 Å². The van der Waals surface area contributed by atoms with Crippen molar-refractivity contribution >= 4 is 15.8 Å². The largest absolute Gasteiger partial charge is 0.0979 e. The van der Waals surface area contributed by atoms with Gasteiger partial charge in [0.05, 0.1) is 0 Å². The van der Waals surface area contributed by atoms with E-state index in [1.165, 1.54) is 0 Å². The minimum Gasteiger partial charge on any atom is -0.0979 e. The molecule has 0 aromatic carbocycles. The number of rotatable bonds is 7. The average Bonchev–Trinajstić information content (AvgIpc) is 2.14. The molecule has 18 heavy (non-hydrogen) atoms. The molecule has 2 atom stereocenters. The van der Waals surface area contributed by atoms with E-state index in [-0.39, 0.29) is 15.8 Å². The molecule has 0 fully saturated rings. The molecule has 0 saturated carbocycles. The van der Waals surface area contributed by atoms with Crippen LogP contribution >= 0.6 is 15.8 Å². The summed E-state index contributed by atoms with van der Waals surface area (Å²) >= 11 is 0. The van der Waals surface area contributed by atoms with Crippen molar-refractivity contribution in [3.63, 3.8) is 0 Å². The van der Waals surface area contributed by atoms with Crippen molar-refractivity contribution in [1.29, 1.82) is 0 Å². The lowest BCUT2D eigenvalue weighted by Gasteiger charge is -2.42. The van der Waals surface area contributed by atoms with Crippen LogP contribution in [0.2, 0.25) is 0 Å². The zero-order chi connectivity index (χ0) is 14.6. The first kappa shape index (κ1) is 18.9. The van der Waals surface area contributed by atoms with E-state index in [2.05, 4.69) is 69.2 Å². The summed E-state index contributed by atoms with van der Waals surface area (Å²) in [7, 11) is 0.310. The van der Waals surface area contributed by atoms with Crippen molar-refractivity contribution in [3.05, 3.63) is 0 Å². The van der Waals surface area contributed by atoms with Gasteiger partial charge in [-0.1, -0.05) is 85.1 Å². The standard InChI is InChI=1S/C16H36P2/c1-11(2)17(12(3)4)15(9)16(10)18(13(5)6)14(7)8/h11-16H,1-10H3. The van der Waals surface area contributed by atoms with Crippen molar-refractivity contribution < 1.29 is 0 Å². The smallest absolute Gasteiger partial charge is 0.0168 e. The third-order valence-electron chi connectivity index (χ3n) is 4.02. The molecule has 0 aliphatic carbocycles. The predicted molar refractivity (Wildman–Crippen MR) is 93.3 cm³/mol. The molecule has 0 N–H and O–H groups in total. The van der Waals surface area contributed by atoms with E-state index in [1.807, 2.05) is 0 Å². The van der Waals surface area contributed by atoms with Gasteiger partial charge in [0.2, 0.25) is 0 Å². The van der Waals surface area contributed by atoms with Crippen LogP contribution in [0.1, 0.15) is 69.2 Å². The minimum atomic E-state index is 0.155. The van der Waals surface area contributed by atoms with Gasteiger partial charge in [-0.15, -0.1) is 0 Å². The lowest BCUT2D eigenvalue weighted by atomic mass is 10.3. The Morgan fingerprint density at radius 2 is 0.556 bits per heavy atom. The van der Waals surface area contributed by atoms with Crippen LogP contribution in [0.4, 0.5) is 0 Å². The first-order valence-electron chi connectivity index (χ1n) is 7.66. The normalized spacial score (nSPS) is 16.7. The van der Waals surface area contributed by atoms with E-state index in [0.717, 1.165) is 34.0 Å². The molecule has 2 unspecified atom stereocenters. The van der Waals surface area contributed by atoms with Crippen molar-refractivity contribution in [2.24, 2.45) is 0 Å². The van der Waals surface area contributed by atoms with Crippen molar-refractivity contribution in [3.8, 4) is 0 Å². The monoisotopic (exact) mass is 290 g/mol. The van der Waals surface area contributed by atoms with Crippen molar-refractivity contribution in [1.82, 2.24) is 0 Å². The van der Waals surface area contributed by atoms with Gasteiger partial charge in [-0.2, -0.15) is 0 Å². The van der Waals surface area contributed by atoms with E-state index in [1.54, 1.807) is 0 Å². The Kier molecular flexibility index (Phi) is 8.61. The van der Waals surface area contributed by atoms with Gasteiger partial charge in [0.25, 0.3) is 0 Å². The van der Waals surface area contributed by atoms with Crippen LogP contribution in [0.15, 0.2) is 0 Å². The topological polar surface area (TPSA) is 0 Å². The quantitative estimate of drug-likeness (QED) is 0.478. The molecule has 0 aliphatic rings. The van der Waals surface area contributed by atoms with Crippen LogP contribution < -0.4 is 0 Å². The lowest BCUT2D eigenvalue weighted by Crippen LogP contribution is -2.27. The van der Waals surface area contributed by atoms with E-state index < -0.39 is 0 Å². The van der Waals surface area contributed by atoms with Crippen molar-refractivity contribution in [2.45, 2.75) is 103 Å². The number of hydrogen-bond acceptors (Lipinski definition) is 0. The fourth-order valence-electron chi connectivity index (χ4n) is 3.57. The average molecular weight is 290 g/mol. The molecule has 0 heterocycles. The maximum atomic E-state index is 2.54. The lowest BCUT2D eigenvalue weighted by molar-refractivity contribution is 0.829. The Bertz CT molecular complexity index is 181. The Balaban J connectivity index is 4.98. The molecule has 0 amide bonds. The highest BCUT2D eigenvalue weighted by atomic mass is 31.1. The fourth-order valence-corrected chi connectivity index (χ4v) is 11.6. The third-order valence-corrected chi connectivity index (χ3v) is 11.8. The van der Waals surface area contributed by atoms with Gasteiger partial charge in [0.1, 0.15) is 0 Å². The molecular weight excluding hydrogens is 254 g/mol. The van der Waals surface area contributed by atoms with Crippen molar-refractivity contribution in [2.75, 3.05) is 0 Å². The van der Waals surface area contributed by atoms with Crippen LogP contribution in [0, 0.1) is 0 Å². The van der Waals surface area contributed by atoms with Gasteiger partial charge in [-0.05, 0) is 34.0 Å². The van der Waals surface area contributed by atoms with Gasteiger partial charge >= 0.3 is 0 Å². The molecule has 2 heteroatoms. The summed E-state index contributed by atoms with van der Waals surface area (Å²) in [5, 5.41) is 0. The minimum absolute atomic E-state index is 0.155. The summed E-state index contributed by atoms with van der Waals surface area (Å²) < 4.78 is 0. The molecular formula is C16H36P2. The van der Waals surface area contributed by atoms with E-state index in [0.29, 0.717) is 0 Å². The molecule has 110 valence electrons. The molecule has 0 aromatic rings. The molecule has 0 aromatic heterocycles. The fraction of sp³-hybridized carbons (Fsp3) is 1.00. The molecule has 0 nitrogen and oxygen atoms in total. The van der Waals surface area contributed by atoms with Crippen LogP contribution in [0.3, 0.4) is 0 Å². The van der Waals surface area contributed by atoms with Gasteiger partial charge in [-0.25, -0.2) is 0 Å². The Hall–Kier alpha value is 0.860. The summed E-state index contributed by atoms with van der Waals surface area (Å²) in [5.74, 6) is 0. The predicted octanol–water partition coefficient (Wildman–Crippen LogP) is 6.36. The molecule has 0 aliphatic heterocycles. The first-order chi connectivity index (χ1) is 8.11. The van der Waals surface area contributed by atoms with Crippen LogP contribution in [-0.4, -0.2) is 34.0 Å². The SMILES string of the molecule is CC(C)P(C(C)C)C(C)C(C)P(C(C)C)C(C)C. The second kappa shape index (κ2) is 8.21. The zero-order valence-electron chi connectivity index (χ0n) is 14.4. The molecule has 0 radical (unpaired) electrons. The molecule has 0 bridgehead atoms. The Labute approximate surface area is 119 Å². The van der Waals surface area contributed by atoms with Crippen LogP contribution in [-0.2, 0) is 0 Å². The summed E-state index contributed by atoms with van der Waals surface area (Å²) in [6.45, 7) is 24.5. The van der Waals surface area contributed by atoms with E-state index in [4.69, 9.17) is 0 Å². The maximum Gasteiger partial charge on any atom is -0.0168 e. The zero-order valence-corrected chi connectivity index (χ0v) is 16.1.